The van der Waals surface area contributed by atoms with Crippen LogP contribution in [0, 0.1) is 0 Å². The van der Waals surface area contributed by atoms with Crippen LogP contribution >= 0.6 is 11.6 Å². The van der Waals surface area contributed by atoms with Gasteiger partial charge in [-0.1, -0.05) is 18.5 Å². The van der Waals surface area contributed by atoms with Gasteiger partial charge in [0, 0.05) is 13.0 Å². The molecule has 2 aromatic heterocycles. The fourth-order valence-corrected chi connectivity index (χ4v) is 1.57. The highest BCUT2D eigenvalue weighted by molar-refractivity contribution is 6.33. The number of rotatable bonds is 2. The molecular weight excluding hydrogens is 200 g/mol. The molecule has 0 saturated carbocycles. The maximum absolute atomic E-state index is 5.98. The van der Waals surface area contributed by atoms with Gasteiger partial charge in [0.1, 0.15) is 11.3 Å². The van der Waals surface area contributed by atoms with Crippen LogP contribution in [0.4, 0.5) is 0 Å². The summed E-state index contributed by atoms with van der Waals surface area (Å²) in [5.41, 5.74) is 1.51. The highest BCUT2D eigenvalue weighted by Crippen LogP contribution is 2.18. The van der Waals surface area contributed by atoms with Crippen molar-refractivity contribution in [2.75, 3.05) is 0 Å². The van der Waals surface area contributed by atoms with E-state index in [1.165, 1.54) is 0 Å². The predicted molar refractivity (Wildman–Crippen MR) is 55.4 cm³/mol. The maximum Gasteiger partial charge on any atom is 0.165 e. The van der Waals surface area contributed by atoms with Crippen molar-refractivity contribution in [2.24, 2.45) is 0 Å². The maximum atomic E-state index is 5.98. The Morgan fingerprint density at radius 3 is 2.79 bits per heavy atom. The van der Waals surface area contributed by atoms with Gasteiger partial charge in [-0.05, 0) is 6.92 Å². The van der Waals surface area contributed by atoms with Crippen LogP contribution in [-0.4, -0.2) is 19.5 Å². The minimum atomic E-state index is 0.444. The van der Waals surface area contributed by atoms with Crippen LogP contribution in [-0.2, 0) is 13.0 Å². The zero-order valence-corrected chi connectivity index (χ0v) is 8.91. The zero-order chi connectivity index (χ0) is 10.1. The van der Waals surface area contributed by atoms with E-state index in [1.807, 2.05) is 18.4 Å². The summed E-state index contributed by atoms with van der Waals surface area (Å²) >= 11 is 5.98. The molecular formula is C9H11ClN4. The largest absolute Gasteiger partial charge is 0.315 e. The van der Waals surface area contributed by atoms with Crippen LogP contribution in [0.5, 0.6) is 0 Å². The van der Waals surface area contributed by atoms with E-state index in [9.17, 15) is 0 Å². The Morgan fingerprint density at radius 1 is 1.36 bits per heavy atom. The van der Waals surface area contributed by atoms with Crippen molar-refractivity contribution in [3.05, 3.63) is 17.3 Å². The number of aryl methyl sites for hydroxylation is 2. The molecule has 74 valence electrons. The molecule has 2 rings (SSSR count). The SMILES string of the molecule is CCc1nc(Cl)c2ncn(CC)c2n1. The quantitative estimate of drug-likeness (QED) is 0.713. The molecule has 0 bridgehead atoms. The van der Waals surface area contributed by atoms with Crippen LogP contribution in [0.2, 0.25) is 5.15 Å². The lowest BCUT2D eigenvalue weighted by molar-refractivity contribution is 0.772. The first kappa shape index (κ1) is 9.40. The number of hydrogen-bond acceptors (Lipinski definition) is 3. The summed E-state index contributed by atoms with van der Waals surface area (Å²) in [5.74, 6) is 0.762. The third-order valence-electron chi connectivity index (χ3n) is 2.12. The van der Waals surface area contributed by atoms with Crippen molar-refractivity contribution in [3.8, 4) is 0 Å². The molecule has 0 unspecified atom stereocenters. The summed E-state index contributed by atoms with van der Waals surface area (Å²) in [5, 5.41) is 0.444. The van der Waals surface area contributed by atoms with Gasteiger partial charge < -0.3 is 4.57 Å². The summed E-state index contributed by atoms with van der Waals surface area (Å²) in [7, 11) is 0. The molecule has 4 nitrogen and oxygen atoms in total. The molecule has 0 saturated heterocycles. The van der Waals surface area contributed by atoms with E-state index in [0.29, 0.717) is 10.7 Å². The third-order valence-corrected chi connectivity index (χ3v) is 2.39. The first-order chi connectivity index (χ1) is 6.76. The van der Waals surface area contributed by atoms with Crippen molar-refractivity contribution in [1.29, 1.82) is 0 Å². The standard InChI is InChI=1S/C9H11ClN4/c1-3-6-12-8(10)7-9(13-6)14(4-2)5-11-7/h5H,3-4H2,1-2H3. The number of hydrogen-bond donors (Lipinski definition) is 0. The second-order valence-electron chi connectivity index (χ2n) is 2.99. The lowest BCUT2D eigenvalue weighted by atomic mass is 10.4. The average molecular weight is 211 g/mol. The number of nitrogens with zero attached hydrogens (tertiary/aromatic N) is 4. The van der Waals surface area contributed by atoms with Crippen LogP contribution in [0.25, 0.3) is 11.2 Å². The monoisotopic (exact) mass is 210 g/mol. The summed E-state index contributed by atoms with van der Waals surface area (Å²) in [6, 6.07) is 0. The van der Waals surface area contributed by atoms with Gasteiger partial charge in [0.15, 0.2) is 10.8 Å². The van der Waals surface area contributed by atoms with Gasteiger partial charge in [-0.2, -0.15) is 0 Å². The van der Waals surface area contributed by atoms with E-state index in [4.69, 9.17) is 11.6 Å². The second kappa shape index (κ2) is 3.53. The molecule has 0 spiro atoms. The van der Waals surface area contributed by atoms with E-state index in [-0.39, 0.29) is 0 Å². The van der Waals surface area contributed by atoms with Crippen LogP contribution in [0.3, 0.4) is 0 Å². The molecule has 14 heavy (non-hydrogen) atoms. The van der Waals surface area contributed by atoms with Gasteiger partial charge in [0.05, 0.1) is 6.33 Å². The topological polar surface area (TPSA) is 43.6 Å². The first-order valence-corrected chi connectivity index (χ1v) is 5.01. The highest BCUT2D eigenvalue weighted by Gasteiger charge is 2.09. The Bertz CT molecular complexity index is 463. The van der Waals surface area contributed by atoms with E-state index in [0.717, 1.165) is 24.4 Å². The van der Waals surface area contributed by atoms with Gasteiger partial charge in [-0.3, -0.25) is 0 Å². The molecule has 0 aromatic carbocycles. The van der Waals surface area contributed by atoms with Crippen molar-refractivity contribution in [3.63, 3.8) is 0 Å². The van der Waals surface area contributed by atoms with Crippen molar-refractivity contribution < 1.29 is 0 Å². The molecule has 0 N–H and O–H groups in total. The zero-order valence-electron chi connectivity index (χ0n) is 8.16. The van der Waals surface area contributed by atoms with Gasteiger partial charge >= 0.3 is 0 Å². The van der Waals surface area contributed by atoms with E-state index < -0.39 is 0 Å². The Hall–Kier alpha value is -1.16. The van der Waals surface area contributed by atoms with Crippen LogP contribution in [0.15, 0.2) is 6.33 Å². The van der Waals surface area contributed by atoms with Gasteiger partial charge in [0.25, 0.3) is 0 Å². The number of halogens is 1. The van der Waals surface area contributed by atoms with E-state index in [1.54, 1.807) is 6.33 Å². The summed E-state index contributed by atoms with van der Waals surface area (Å²) in [4.78, 5) is 12.7. The molecule has 0 fully saturated rings. The van der Waals surface area contributed by atoms with Crippen LogP contribution in [0.1, 0.15) is 19.7 Å². The Morgan fingerprint density at radius 2 is 2.14 bits per heavy atom. The molecule has 0 aliphatic carbocycles. The van der Waals surface area contributed by atoms with Gasteiger partial charge in [0.2, 0.25) is 0 Å². The van der Waals surface area contributed by atoms with Crippen molar-refractivity contribution in [2.45, 2.75) is 26.8 Å². The van der Waals surface area contributed by atoms with Crippen molar-refractivity contribution >= 4 is 22.8 Å². The lowest BCUT2D eigenvalue weighted by Crippen LogP contribution is -1.98. The third kappa shape index (κ3) is 1.35. The first-order valence-electron chi connectivity index (χ1n) is 4.63. The Labute approximate surface area is 87.0 Å². The van der Waals surface area contributed by atoms with E-state index >= 15 is 0 Å². The Kier molecular flexibility index (Phi) is 2.37. The molecule has 0 aliphatic heterocycles. The number of imidazole rings is 1. The highest BCUT2D eigenvalue weighted by atomic mass is 35.5. The molecule has 2 aromatic rings. The molecule has 0 atom stereocenters. The number of fused-ring (bicyclic) bond motifs is 1. The summed E-state index contributed by atoms with van der Waals surface area (Å²) < 4.78 is 1.96. The molecule has 0 amide bonds. The fourth-order valence-electron chi connectivity index (χ4n) is 1.34. The Balaban J connectivity index is 2.73. The normalized spacial score (nSPS) is 11.1. The van der Waals surface area contributed by atoms with E-state index in [2.05, 4.69) is 15.0 Å². The second-order valence-corrected chi connectivity index (χ2v) is 3.35. The van der Waals surface area contributed by atoms with Gasteiger partial charge in [-0.25, -0.2) is 15.0 Å². The lowest BCUT2D eigenvalue weighted by Gasteiger charge is -2.00. The minimum absolute atomic E-state index is 0.444. The molecule has 0 radical (unpaired) electrons. The summed E-state index contributed by atoms with van der Waals surface area (Å²) in [6.07, 6.45) is 2.52. The smallest absolute Gasteiger partial charge is 0.165 e. The fraction of sp³-hybridized carbons (Fsp3) is 0.444. The molecule has 2 heterocycles. The molecule has 0 aliphatic rings. The number of aromatic nitrogens is 4. The summed E-state index contributed by atoms with van der Waals surface area (Å²) in [6.45, 7) is 4.89. The van der Waals surface area contributed by atoms with Crippen LogP contribution < -0.4 is 0 Å². The average Bonchev–Trinajstić information content (AvgIpc) is 2.61. The van der Waals surface area contributed by atoms with Crippen molar-refractivity contribution in [1.82, 2.24) is 19.5 Å². The minimum Gasteiger partial charge on any atom is -0.315 e. The predicted octanol–water partition coefficient (Wildman–Crippen LogP) is 2.06. The molecule has 5 heteroatoms. The van der Waals surface area contributed by atoms with Gasteiger partial charge in [-0.15, -0.1) is 0 Å².